The number of hydrogen-bond acceptors (Lipinski definition) is 0. The van der Waals surface area contributed by atoms with Crippen molar-refractivity contribution in [3.63, 3.8) is 0 Å². The summed E-state index contributed by atoms with van der Waals surface area (Å²) in [5, 5.41) is 2.96. The molecule has 1 unspecified atom stereocenters. The van der Waals surface area contributed by atoms with Crippen LogP contribution in [0.4, 0.5) is 0 Å². The molecular formula is C53H94. The summed E-state index contributed by atoms with van der Waals surface area (Å²) in [6, 6.07) is 14.1. The van der Waals surface area contributed by atoms with Gasteiger partial charge in [-0.1, -0.05) is 288 Å². The molecule has 0 nitrogen and oxygen atoms in total. The van der Waals surface area contributed by atoms with Crippen molar-refractivity contribution in [1.82, 2.24) is 0 Å². The monoisotopic (exact) mass is 731 g/mol. The first kappa shape index (κ1) is 47.9. The number of hydrogen-bond donors (Lipinski definition) is 0. The van der Waals surface area contributed by atoms with Crippen molar-refractivity contribution in [3.05, 3.63) is 47.5 Å². The third kappa shape index (κ3) is 27.0. The molecule has 2 aromatic carbocycles. The van der Waals surface area contributed by atoms with Crippen LogP contribution in [-0.4, -0.2) is 0 Å². The van der Waals surface area contributed by atoms with Gasteiger partial charge in [0.1, 0.15) is 0 Å². The van der Waals surface area contributed by atoms with Crippen molar-refractivity contribution in [2.45, 2.75) is 271 Å². The van der Waals surface area contributed by atoms with Crippen LogP contribution in [0.3, 0.4) is 0 Å². The van der Waals surface area contributed by atoms with Gasteiger partial charge in [-0.15, -0.1) is 0 Å². The molecule has 2 rings (SSSR count). The van der Waals surface area contributed by atoms with Gasteiger partial charge < -0.3 is 0 Å². The molecule has 0 spiro atoms. The first-order chi connectivity index (χ1) is 26.3. The number of fused-ring (bicyclic) bond motifs is 1. The van der Waals surface area contributed by atoms with Crippen LogP contribution in [0.25, 0.3) is 10.8 Å². The second kappa shape index (κ2) is 36.3. The van der Waals surface area contributed by atoms with E-state index in [0.717, 1.165) is 5.92 Å². The molecule has 0 saturated carbocycles. The fraction of sp³-hybridized carbons (Fsp3) is 0.811. The first-order valence-corrected chi connectivity index (χ1v) is 24.8. The van der Waals surface area contributed by atoms with Gasteiger partial charge in [0.2, 0.25) is 0 Å². The van der Waals surface area contributed by atoms with Crippen LogP contribution in [0, 0.1) is 5.92 Å². The van der Waals surface area contributed by atoms with Gasteiger partial charge in [-0.25, -0.2) is 0 Å². The molecule has 0 amide bonds. The SMILES string of the molecule is CCCCCCCCCCCCCCCCCCCCCCc1c(CC(C)CCCCCCCCCCCCCCCCCC)ccc2ccccc12. The maximum atomic E-state index is 2.52. The first-order valence-electron chi connectivity index (χ1n) is 24.8. The van der Waals surface area contributed by atoms with Crippen LogP contribution >= 0.6 is 0 Å². The van der Waals surface area contributed by atoms with Crippen LogP contribution in [-0.2, 0) is 12.8 Å². The van der Waals surface area contributed by atoms with E-state index in [2.05, 4.69) is 57.2 Å². The van der Waals surface area contributed by atoms with E-state index in [4.69, 9.17) is 0 Å². The van der Waals surface area contributed by atoms with Crippen LogP contribution in [0.5, 0.6) is 0 Å². The largest absolute Gasteiger partial charge is 0.0654 e. The summed E-state index contributed by atoms with van der Waals surface area (Å²) in [6.45, 7) is 7.14. The third-order valence-electron chi connectivity index (χ3n) is 12.5. The Morgan fingerprint density at radius 1 is 0.358 bits per heavy atom. The molecule has 306 valence electrons. The number of unbranched alkanes of at least 4 members (excludes halogenated alkanes) is 34. The fourth-order valence-electron chi connectivity index (χ4n) is 8.94. The summed E-state index contributed by atoms with van der Waals surface area (Å²) in [5.41, 5.74) is 3.31. The van der Waals surface area contributed by atoms with Crippen molar-refractivity contribution in [2.24, 2.45) is 5.92 Å². The number of rotatable bonds is 40. The maximum absolute atomic E-state index is 2.52. The molecule has 0 aromatic heterocycles. The molecule has 0 aliphatic carbocycles. The van der Waals surface area contributed by atoms with E-state index < -0.39 is 0 Å². The summed E-state index contributed by atoms with van der Waals surface area (Å²) in [5.74, 6) is 0.788. The van der Waals surface area contributed by atoms with Gasteiger partial charge in [-0.2, -0.15) is 0 Å². The highest BCUT2D eigenvalue weighted by Gasteiger charge is 2.11. The molecule has 0 N–H and O–H groups in total. The van der Waals surface area contributed by atoms with Crippen molar-refractivity contribution in [2.75, 3.05) is 0 Å². The molecule has 0 bridgehead atoms. The van der Waals surface area contributed by atoms with Crippen LogP contribution in [0.1, 0.15) is 269 Å². The van der Waals surface area contributed by atoms with Gasteiger partial charge in [0.25, 0.3) is 0 Å². The highest BCUT2D eigenvalue weighted by Crippen LogP contribution is 2.28. The smallest absolute Gasteiger partial charge is 0.0149 e. The third-order valence-corrected chi connectivity index (χ3v) is 12.5. The Kier molecular flexibility index (Phi) is 32.8. The van der Waals surface area contributed by atoms with Crippen molar-refractivity contribution in [3.8, 4) is 0 Å². The van der Waals surface area contributed by atoms with Gasteiger partial charge in [0.05, 0.1) is 0 Å². The Morgan fingerprint density at radius 2 is 0.698 bits per heavy atom. The van der Waals surface area contributed by atoms with Crippen molar-refractivity contribution < 1.29 is 0 Å². The summed E-state index contributed by atoms with van der Waals surface area (Å²) >= 11 is 0. The number of aryl methyl sites for hydroxylation is 1. The van der Waals surface area contributed by atoms with E-state index >= 15 is 0 Å². The zero-order valence-electron chi connectivity index (χ0n) is 36.6. The van der Waals surface area contributed by atoms with E-state index in [0.29, 0.717) is 0 Å². The van der Waals surface area contributed by atoms with Crippen LogP contribution < -0.4 is 0 Å². The molecular weight excluding hydrogens is 637 g/mol. The molecule has 2 aromatic rings. The lowest BCUT2D eigenvalue weighted by Crippen LogP contribution is -2.04. The average Bonchev–Trinajstić information content (AvgIpc) is 3.17. The van der Waals surface area contributed by atoms with Gasteiger partial charge in [0.15, 0.2) is 0 Å². The highest BCUT2D eigenvalue weighted by atomic mass is 14.2. The lowest BCUT2D eigenvalue weighted by molar-refractivity contribution is 0.475. The molecule has 0 radical (unpaired) electrons. The average molecular weight is 731 g/mol. The molecule has 0 aliphatic heterocycles. The predicted octanol–water partition coefficient (Wildman–Crippen LogP) is 19.0. The lowest BCUT2D eigenvalue weighted by atomic mass is 9.88. The predicted molar refractivity (Wildman–Crippen MR) is 243 cm³/mol. The standard InChI is InChI=1S/C53H94/c1-4-6-8-10-12-14-16-18-20-22-23-24-25-27-29-31-33-35-37-39-44-53-51(47-46-50-43-40-41-45-52(50)53)48-49(3)42-38-36-34-32-30-28-26-21-19-17-15-13-11-9-7-5-2/h40-41,43,45-47,49H,4-39,42,44,48H2,1-3H3. The van der Waals surface area contributed by atoms with Crippen LogP contribution in [0.15, 0.2) is 36.4 Å². The summed E-state index contributed by atoms with van der Waals surface area (Å²) in [4.78, 5) is 0. The second-order valence-electron chi connectivity index (χ2n) is 17.8. The fourth-order valence-corrected chi connectivity index (χ4v) is 8.94. The van der Waals surface area contributed by atoms with E-state index in [-0.39, 0.29) is 0 Å². The topological polar surface area (TPSA) is 0 Å². The van der Waals surface area contributed by atoms with E-state index in [9.17, 15) is 0 Å². The minimum absolute atomic E-state index is 0.788. The molecule has 1 atom stereocenters. The Balaban J connectivity index is 1.48. The quantitative estimate of drug-likeness (QED) is 0.0599. The van der Waals surface area contributed by atoms with E-state index in [1.54, 1.807) is 11.1 Å². The van der Waals surface area contributed by atoms with Gasteiger partial charge in [-0.3, -0.25) is 0 Å². The summed E-state index contributed by atoms with van der Waals surface area (Å²) in [6.07, 6.45) is 56.2. The summed E-state index contributed by atoms with van der Waals surface area (Å²) < 4.78 is 0. The van der Waals surface area contributed by atoms with Gasteiger partial charge in [-0.05, 0) is 47.1 Å². The summed E-state index contributed by atoms with van der Waals surface area (Å²) in [7, 11) is 0. The maximum Gasteiger partial charge on any atom is -0.0149 e. The molecule has 0 saturated heterocycles. The number of benzene rings is 2. The van der Waals surface area contributed by atoms with Crippen molar-refractivity contribution in [1.29, 1.82) is 0 Å². The zero-order chi connectivity index (χ0) is 37.7. The second-order valence-corrected chi connectivity index (χ2v) is 17.8. The van der Waals surface area contributed by atoms with E-state index in [1.165, 1.54) is 261 Å². The Labute approximate surface area is 334 Å². The van der Waals surface area contributed by atoms with Gasteiger partial charge >= 0.3 is 0 Å². The van der Waals surface area contributed by atoms with Gasteiger partial charge in [0, 0.05) is 0 Å². The highest BCUT2D eigenvalue weighted by molar-refractivity contribution is 5.86. The van der Waals surface area contributed by atoms with E-state index in [1.807, 2.05) is 0 Å². The van der Waals surface area contributed by atoms with Crippen molar-refractivity contribution >= 4 is 10.8 Å². The minimum atomic E-state index is 0.788. The Morgan fingerprint density at radius 3 is 1.09 bits per heavy atom. The van der Waals surface area contributed by atoms with Crippen LogP contribution in [0.2, 0.25) is 0 Å². The Bertz CT molecular complexity index is 1030. The Hall–Kier alpha value is -1.30. The molecule has 0 fully saturated rings. The molecule has 0 heteroatoms. The molecule has 0 heterocycles. The zero-order valence-corrected chi connectivity index (χ0v) is 36.6. The normalized spacial score (nSPS) is 12.3. The molecule has 53 heavy (non-hydrogen) atoms. The minimum Gasteiger partial charge on any atom is -0.0654 e. The molecule has 0 aliphatic rings. The lowest BCUT2D eigenvalue weighted by Gasteiger charge is -2.17.